The fourth-order valence-corrected chi connectivity index (χ4v) is 2.55. The van der Waals surface area contributed by atoms with Crippen LogP contribution in [0.1, 0.15) is 19.7 Å². The van der Waals surface area contributed by atoms with Crippen LogP contribution in [0.2, 0.25) is 0 Å². The highest BCUT2D eigenvalue weighted by molar-refractivity contribution is 5.69. The van der Waals surface area contributed by atoms with E-state index in [-0.39, 0.29) is 6.61 Å². The summed E-state index contributed by atoms with van der Waals surface area (Å²) in [5, 5.41) is 20.6. The molecule has 2 aromatic heterocycles. The number of H-pyrrole nitrogens is 1. The second-order valence-electron chi connectivity index (χ2n) is 5.96. The monoisotopic (exact) mass is 311 g/mol. The summed E-state index contributed by atoms with van der Waals surface area (Å²) in [5.74, 6) is 2.10. The Morgan fingerprint density at radius 2 is 2.04 bits per heavy atom. The molecule has 6 heteroatoms. The fraction of sp³-hybridized carbons (Fsp3) is 0.353. The lowest BCUT2D eigenvalue weighted by atomic mass is 10.1. The maximum Gasteiger partial charge on any atom is 0.158 e. The lowest BCUT2D eigenvalue weighted by Crippen LogP contribution is -2.06. The summed E-state index contributed by atoms with van der Waals surface area (Å²) < 4.78 is 1.78. The first-order chi connectivity index (χ1) is 11.2. The number of hydrogen-bond acceptors (Lipinski definition) is 4. The van der Waals surface area contributed by atoms with Crippen molar-refractivity contribution in [2.75, 3.05) is 6.61 Å². The normalized spacial score (nSPS) is 11.3. The summed E-state index contributed by atoms with van der Waals surface area (Å²) in [5.41, 5.74) is 3.09. The molecule has 0 saturated carbocycles. The predicted molar refractivity (Wildman–Crippen MR) is 88.7 cm³/mol. The third-order valence-corrected chi connectivity index (χ3v) is 3.57. The standard InChI is InChI=1S/C17H21N5O/c1-12(2)8-16-20-17(22(21-16)6-7-23)14-5-3-4-13(9-14)15-10-18-19-11-15/h3-5,9-12,23H,6-8H2,1-2H3,(H,18,19). The average Bonchev–Trinajstić information content (AvgIpc) is 3.17. The maximum absolute atomic E-state index is 9.29. The number of hydrogen-bond donors (Lipinski definition) is 2. The van der Waals surface area contributed by atoms with Crippen molar-refractivity contribution in [3.05, 3.63) is 42.5 Å². The van der Waals surface area contributed by atoms with Gasteiger partial charge in [-0.3, -0.25) is 5.10 Å². The van der Waals surface area contributed by atoms with E-state index in [1.54, 1.807) is 10.9 Å². The van der Waals surface area contributed by atoms with Crippen LogP contribution >= 0.6 is 0 Å². The Kier molecular flexibility index (Phi) is 4.52. The number of aliphatic hydroxyl groups excluding tert-OH is 1. The van der Waals surface area contributed by atoms with E-state index in [9.17, 15) is 5.11 Å². The van der Waals surface area contributed by atoms with Gasteiger partial charge < -0.3 is 5.11 Å². The second kappa shape index (κ2) is 6.75. The Morgan fingerprint density at radius 1 is 1.22 bits per heavy atom. The number of aromatic nitrogens is 5. The number of benzene rings is 1. The van der Waals surface area contributed by atoms with Crippen LogP contribution in [0.25, 0.3) is 22.5 Å². The van der Waals surface area contributed by atoms with Gasteiger partial charge in [-0.15, -0.1) is 0 Å². The lowest BCUT2D eigenvalue weighted by Gasteiger charge is -2.05. The summed E-state index contributed by atoms with van der Waals surface area (Å²) in [6.07, 6.45) is 4.48. The van der Waals surface area contributed by atoms with Crippen LogP contribution in [0.4, 0.5) is 0 Å². The van der Waals surface area contributed by atoms with Gasteiger partial charge in [-0.05, 0) is 17.5 Å². The van der Waals surface area contributed by atoms with Crippen LogP contribution in [0.15, 0.2) is 36.7 Å². The largest absolute Gasteiger partial charge is 0.394 e. The van der Waals surface area contributed by atoms with Crippen LogP contribution in [0.5, 0.6) is 0 Å². The molecule has 0 radical (unpaired) electrons. The highest BCUT2D eigenvalue weighted by Crippen LogP contribution is 2.25. The van der Waals surface area contributed by atoms with E-state index in [1.807, 2.05) is 24.4 Å². The Balaban J connectivity index is 2.00. The maximum atomic E-state index is 9.29. The molecule has 0 fully saturated rings. The first kappa shape index (κ1) is 15.4. The van der Waals surface area contributed by atoms with Gasteiger partial charge in [0.1, 0.15) is 0 Å². The zero-order chi connectivity index (χ0) is 16.2. The molecule has 0 amide bonds. The molecule has 23 heavy (non-hydrogen) atoms. The van der Waals surface area contributed by atoms with E-state index in [0.29, 0.717) is 12.5 Å². The van der Waals surface area contributed by atoms with Crippen molar-refractivity contribution in [2.45, 2.75) is 26.8 Å². The molecule has 0 saturated heterocycles. The fourth-order valence-electron chi connectivity index (χ4n) is 2.55. The lowest BCUT2D eigenvalue weighted by molar-refractivity contribution is 0.269. The molecule has 0 spiro atoms. The zero-order valence-electron chi connectivity index (χ0n) is 13.4. The number of rotatable bonds is 6. The highest BCUT2D eigenvalue weighted by Gasteiger charge is 2.13. The summed E-state index contributed by atoms with van der Waals surface area (Å²) in [6.45, 7) is 4.77. The molecule has 2 heterocycles. The Hall–Kier alpha value is -2.47. The van der Waals surface area contributed by atoms with Gasteiger partial charge in [0.15, 0.2) is 11.6 Å². The molecule has 3 rings (SSSR count). The molecule has 0 aliphatic heterocycles. The summed E-state index contributed by atoms with van der Waals surface area (Å²) in [6, 6.07) is 8.12. The van der Waals surface area contributed by atoms with Crippen molar-refractivity contribution >= 4 is 0 Å². The van der Waals surface area contributed by atoms with Crippen molar-refractivity contribution in [3.63, 3.8) is 0 Å². The summed E-state index contributed by atoms with van der Waals surface area (Å²) in [7, 11) is 0. The van der Waals surface area contributed by atoms with Crippen LogP contribution in [0.3, 0.4) is 0 Å². The van der Waals surface area contributed by atoms with Crippen molar-refractivity contribution in [1.29, 1.82) is 0 Å². The zero-order valence-corrected chi connectivity index (χ0v) is 13.4. The molecule has 0 unspecified atom stereocenters. The molecular weight excluding hydrogens is 290 g/mol. The SMILES string of the molecule is CC(C)Cc1nc(-c2cccc(-c3cn[nH]c3)c2)n(CCO)n1. The van der Waals surface area contributed by atoms with E-state index in [2.05, 4.69) is 40.2 Å². The molecule has 6 nitrogen and oxygen atoms in total. The molecule has 120 valence electrons. The van der Waals surface area contributed by atoms with E-state index in [4.69, 9.17) is 0 Å². The number of nitrogens with one attached hydrogen (secondary N) is 1. The predicted octanol–water partition coefficient (Wildman–Crippen LogP) is 2.53. The molecule has 0 aliphatic rings. The molecule has 0 bridgehead atoms. The minimum Gasteiger partial charge on any atom is -0.394 e. The van der Waals surface area contributed by atoms with Gasteiger partial charge in [-0.2, -0.15) is 10.2 Å². The Morgan fingerprint density at radius 3 is 2.74 bits per heavy atom. The third kappa shape index (κ3) is 3.48. The number of aliphatic hydroxyl groups is 1. The van der Waals surface area contributed by atoms with E-state index in [1.165, 1.54) is 0 Å². The number of aromatic amines is 1. The van der Waals surface area contributed by atoms with Crippen LogP contribution in [-0.2, 0) is 13.0 Å². The third-order valence-electron chi connectivity index (χ3n) is 3.57. The van der Waals surface area contributed by atoms with Gasteiger partial charge in [0, 0.05) is 23.7 Å². The molecule has 0 atom stereocenters. The summed E-state index contributed by atoms with van der Waals surface area (Å²) in [4.78, 5) is 4.68. The van der Waals surface area contributed by atoms with E-state index >= 15 is 0 Å². The van der Waals surface area contributed by atoms with Gasteiger partial charge in [0.05, 0.1) is 19.3 Å². The van der Waals surface area contributed by atoms with Gasteiger partial charge in [0.25, 0.3) is 0 Å². The first-order valence-electron chi connectivity index (χ1n) is 7.81. The smallest absolute Gasteiger partial charge is 0.158 e. The molecular formula is C17H21N5O. The van der Waals surface area contributed by atoms with Crippen LogP contribution in [0, 0.1) is 5.92 Å². The molecule has 3 aromatic rings. The van der Waals surface area contributed by atoms with Crippen molar-refractivity contribution in [3.8, 4) is 22.5 Å². The average molecular weight is 311 g/mol. The molecule has 2 N–H and O–H groups in total. The quantitative estimate of drug-likeness (QED) is 0.733. The van der Waals surface area contributed by atoms with Crippen molar-refractivity contribution in [1.82, 2.24) is 25.0 Å². The first-order valence-corrected chi connectivity index (χ1v) is 7.81. The molecule has 0 aliphatic carbocycles. The highest BCUT2D eigenvalue weighted by atomic mass is 16.3. The topological polar surface area (TPSA) is 79.6 Å². The number of nitrogens with zero attached hydrogens (tertiary/aromatic N) is 4. The van der Waals surface area contributed by atoms with Crippen LogP contribution < -0.4 is 0 Å². The van der Waals surface area contributed by atoms with Crippen molar-refractivity contribution < 1.29 is 5.11 Å². The Bertz CT molecular complexity index is 761. The Labute approximate surface area is 135 Å². The minimum atomic E-state index is 0.0406. The van der Waals surface area contributed by atoms with Gasteiger partial charge in [-0.25, -0.2) is 9.67 Å². The van der Waals surface area contributed by atoms with Gasteiger partial charge in [-0.1, -0.05) is 32.0 Å². The van der Waals surface area contributed by atoms with Crippen molar-refractivity contribution in [2.24, 2.45) is 5.92 Å². The minimum absolute atomic E-state index is 0.0406. The van der Waals surface area contributed by atoms with Crippen LogP contribution in [-0.4, -0.2) is 36.7 Å². The molecule has 1 aromatic carbocycles. The van der Waals surface area contributed by atoms with E-state index in [0.717, 1.165) is 34.8 Å². The summed E-state index contributed by atoms with van der Waals surface area (Å²) >= 11 is 0. The van der Waals surface area contributed by atoms with E-state index < -0.39 is 0 Å². The van der Waals surface area contributed by atoms with Gasteiger partial charge >= 0.3 is 0 Å². The van der Waals surface area contributed by atoms with Gasteiger partial charge in [0.2, 0.25) is 0 Å². The second-order valence-corrected chi connectivity index (χ2v) is 5.96.